The summed E-state index contributed by atoms with van der Waals surface area (Å²) in [5.74, 6) is -0.201. The van der Waals surface area contributed by atoms with Gasteiger partial charge in [0.1, 0.15) is 0 Å². The summed E-state index contributed by atoms with van der Waals surface area (Å²) in [5, 5.41) is 2.94. The summed E-state index contributed by atoms with van der Waals surface area (Å²) in [6.07, 6.45) is 2.79. The van der Waals surface area contributed by atoms with Gasteiger partial charge in [-0.1, -0.05) is 0 Å². The molecule has 1 aliphatic rings. The van der Waals surface area contributed by atoms with E-state index < -0.39 is 0 Å². The van der Waals surface area contributed by atoms with Crippen molar-refractivity contribution in [2.75, 3.05) is 18.6 Å². The quantitative estimate of drug-likeness (QED) is 0.737. The molecule has 16 heavy (non-hydrogen) atoms. The van der Waals surface area contributed by atoms with E-state index in [9.17, 15) is 4.79 Å². The Balaban J connectivity index is 1.93. The summed E-state index contributed by atoms with van der Waals surface area (Å²) < 4.78 is 4.89. The number of rotatable bonds is 5. The highest BCUT2D eigenvalue weighted by molar-refractivity contribution is 7.13. The lowest BCUT2D eigenvalue weighted by atomic mass is 10.3. The first-order valence-corrected chi connectivity index (χ1v) is 6.41. The molecule has 0 amide bonds. The van der Waals surface area contributed by atoms with Crippen molar-refractivity contribution in [3.8, 4) is 0 Å². The molecule has 1 aromatic heterocycles. The van der Waals surface area contributed by atoms with Gasteiger partial charge in [-0.2, -0.15) is 0 Å². The summed E-state index contributed by atoms with van der Waals surface area (Å²) in [4.78, 5) is 17.9. The van der Waals surface area contributed by atoms with E-state index in [1.165, 1.54) is 12.8 Å². The molecular formula is C11H16N2O2S. The fraction of sp³-hybridized carbons (Fsp3) is 0.636. The topological polar surface area (TPSA) is 42.4 Å². The van der Waals surface area contributed by atoms with Crippen LogP contribution in [0.25, 0.3) is 0 Å². The van der Waals surface area contributed by atoms with Gasteiger partial charge in [0.2, 0.25) is 0 Å². The Morgan fingerprint density at radius 2 is 2.44 bits per heavy atom. The summed E-state index contributed by atoms with van der Waals surface area (Å²) in [7, 11) is 2.06. The highest BCUT2D eigenvalue weighted by atomic mass is 32.1. The number of hydrogen-bond acceptors (Lipinski definition) is 5. The summed E-state index contributed by atoms with van der Waals surface area (Å²) in [5.41, 5.74) is 0.811. The number of carbonyl (C=O) groups is 1. The Labute approximate surface area is 99.2 Å². The fourth-order valence-electron chi connectivity index (χ4n) is 1.52. The van der Waals surface area contributed by atoms with E-state index in [2.05, 4.69) is 16.9 Å². The van der Waals surface area contributed by atoms with Crippen LogP contribution in [0.2, 0.25) is 0 Å². The van der Waals surface area contributed by atoms with E-state index in [0.29, 0.717) is 12.6 Å². The molecule has 0 saturated heterocycles. The third kappa shape index (κ3) is 2.72. The average molecular weight is 240 g/mol. The molecule has 1 heterocycles. The zero-order valence-electron chi connectivity index (χ0n) is 9.60. The summed E-state index contributed by atoms with van der Waals surface area (Å²) in [6, 6.07) is 0.654. The fourth-order valence-corrected chi connectivity index (χ4v) is 2.38. The smallest absolute Gasteiger partial charge is 0.311 e. The van der Waals surface area contributed by atoms with Crippen LogP contribution in [0.3, 0.4) is 0 Å². The van der Waals surface area contributed by atoms with Crippen LogP contribution >= 0.6 is 11.3 Å². The Morgan fingerprint density at radius 1 is 1.69 bits per heavy atom. The van der Waals surface area contributed by atoms with Gasteiger partial charge in [0.15, 0.2) is 5.13 Å². The number of anilines is 1. The Morgan fingerprint density at radius 3 is 3.06 bits per heavy atom. The van der Waals surface area contributed by atoms with Crippen LogP contribution in [-0.2, 0) is 16.0 Å². The van der Waals surface area contributed by atoms with Gasteiger partial charge in [0, 0.05) is 18.5 Å². The van der Waals surface area contributed by atoms with Gasteiger partial charge in [-0.05, 0) is 19.8 Å². The molecule has 1 saturated carbocycles. The minimum absolute atomic E-state index is 0.201. The van der Waals surface area contributed by atoms with Crippen molar-refractivity contribution in [3.63, 3.8) is 0 Å². The number of ether oxygens (including phenoxy) is 1. The Hall–Kier alpha value is -1.10. The number of carbonyl (C=O) groups excluding carboxylic acids is 1. The molecular weight excluding hydrogens is 224 g/mol. The van der Waals surface area contributed by atoms with Crippen LogP contribution in [0.15, 0.2) is 5.38 Å². The van der Waals surface area contributed by atoms with Gasteiger partial charge in [-0.3, -0.25) is 4.79 Å². The van der Waals surface area contributed by atoms with Gasteiger partial charge in [0.05, 0.1) is 18.7 Å². The minimum atomic E-state index is -0.201. The Kier molecular flexibility index (Phi) is 3.43. The lowest BCUT2D eigenvalue weighted by Gasteiger charge is -2.13. The molecule has 0 radical (unpaired) electrons. The van der Waals surface area contributed by atoms with E-state index in [1.54, 1.807) is 11.3 Å². The molecule has 2 rings (SSSR count). The molecule has 1 aromatic rings. The van der Waals surface area contributed by atoms with Gasteiger partial charge in [0.25, 0.3) is 0 Å². The highest BCUT2D eigenvalue weighted by Gasteiger charge is 2.28. The predicted molar refractivity (Wildman–Crippen MR) is 63.9 cm³/mol. The zero-order valence-corrected chi connectivity index (χ0v) is 10.4. The van der Waals surface area contributed by atoms with Crippen LogP contribution in [0.4, 0.5) is 5.13 Å². The number of nitrogens with zero attached hydrogens (tertiary/aromatic N) is 2. The second-order valence-corrected chi connectivity index (χ2v) is 4.78. The highest BCUT2D eigenvalue weighted by Crippen LogP contribution is 2.31. The first-order chi connectivity index (χ1) is 7.70. The summed E-state index contributed by atoms with van der Waals surface area (Å²) >= 11 is 1.59. The van der Waals surface area contributed by atoms with Gasteiger partial charge in [-0.15, -0.1) is 11.3 Å². The minimum Gasteiger partial charge on any atom is -0.466 e. The van der Waals surface area contributed by atoms with Crippen LogP contribution in [0.1, 0.15) is 25.5 Å². The number of thiazole rings is 1. The van der Waals surface area contributed by atoms with E-state index in [0.717, 1.165) is 10.8 Å². The lowest BCUT2D eigenvalue weighted by molar-refractivity contribution is -0.142. The first kappa shape index (κ1) is 11.4. The van der Waals surface area contributed by atoms with Crippen molar-refractivity contribution < 1.29 is 9.53 Å². The molecule has 0 bridgehead atoms. The monoisotopic (exact) mass is 240 g/mol. The number of esters is 1. The molecule has 5 heteroatoms. The van der Waals surface area contributed by atoms with Crippen LogP contribution in [0.5, 0.6) is 0 Å². The van der Waals surface area contributed by atoms with E-state index in [-0.39, 0.29) is 12.4 Å². The van der Waals surface area contributed by atoms with Gasteiger partial charge in [-0.25, -0.2) is 4.98 Å². The average Bonchev–Trinajstić information content (AvgIpc) is 2.99. The molecule has 0 aliphatic heterocycles. The maximum absolute atomic E-state index is 11.3. The Bertz CT molecular complexity index is 374. The SMILES string of the molecule is CCOC(=O)Cc1csc(N(C)C2CC2)n1. The third-order valence-electron chi connectivity index (χ3n) is 2.57. The van der Waals surface area contributed by atoms with E-state index in [1.807, 2.05) is 12.3 Å². The normalized spacial score (nSPS) is 14.9. The molecule has 4 nitrogen and oxygen atoms in total. The predicted octanol–water partition coefficient (Wildman–Crippen LogP) is 1.85. The molecule has 0 spiro atoms. The van der Waals surface area contributed by atoms with Crippen molar-refractivity contribution in [1.82, 2.24) is 4.98 Å². The van der Waals surface area contributed by atoms with Crippen LogP contribution < -0.4 is 4.90 Å². The number of hydrogen-bond donors (Lipinski definition) is 0. The molecule has 1 fully saturated rings. The van der Waals surface area contributed by atoms with Crippen LogP contribution in [-0.4, -0.2) is 30.6 Å². The maximum atomic E-state index is 11.3. The van der Waals surface area contributed by atoms with Crippen molar-refractivity contribution in [3.05, 3.63) is 11.1 Å². The summed E-state index contributed by atoms with van der Waals surface area (Å²) in [6.45, 7) is 2.24. The van der Waals surface area contributed by atoms with Gasteiger partial charge >= 0.3 is 5.97 Å². The van der Waals surface area contributed by atoms with Crippen molar-refractivity contribution in [2.45, 2.75) is 32.2 Å². The van der Waals surface area contributed by atoms with Crippen molar-refractivity contribution in [2.24, 2.45) is 0 Å². The lowest BCUT2D eigenvalue weighted by Crippen LogP contribution is -2.19. The second kappa shape index (κ2) is 4.82. The molecule has 0 atom stereocenters. The molecule has 0 N–H and O–H groups in total. The molecule has 1 aliphatic carbocycles. The zero-order chi connectivity index (χ0) is 11.5. The van der Waals surface area contributed by atoms with E-state index in [4.69, 9.17) is 4.74 Å². The first-order valence-electron chi connectivity index (χ1n) is 5.53. The number of aromatic nitrogens is 1. The standard InChI is InChI=1S/C11H16N2O2S/c1-3-15-10(14)6-8-7-16-11(12-8)13(2)9-4-5-9/h7,9H,3-6H2,1-2H3. The van der Waals surface area contributed by atoms with Gasteiger partial charge < -0.3 is 9.64 Å². The van der Waals surface area contributed by atoms with E-state index >= 15 is 0 Å². The van der Waals surface area contributed by atoms with Crippen LogP contribution in [0, 0.1) is 0 Å². The van der Waals surface area contributed by atoms with Crippen molar-refractivity contribution in [1.29, 1.82) is 0 Å². The second-order valence-electron chi connectivity index (χ2n) is 3.95. The molecule has 88 valence electrons. The largest absolute Gasteiger partial charge is 0.466 e. The van der Waals surface area contributed by atoms with Crippen molar-refractivity contribution >= 4 is 22.4 Å². The maximum Gasteiger partial charge on any atom is 0.311 e. The molecule has 0 aromatic carbocycles. The third-order valence-corrected chi connectivity index (χ3v) is 3.55. The molecule has 0 unspecified atom stereocenters.